The fraction of sp³-hybridized carbons (Fsp3) is 0.500. The van der Waals surface area contributed by atoms with Gasteiger partial charge in [0.25, 0.3) is 0 Å². The molecule has 1 unspecified atom stereocenters. The van der Waals surface area contributed by atoms with Crippen LogP contribution in [0.25, 0.3) is 0 Å². The van der Waals surface area contributed by atoms with Gasteiger partial charge in [-0.3, -0.25) is 9.69 Å². The number of likely N-dealkylation sites (N-methyl/N-ethyl adjacent to an activating group) is 1. The third kappa shape index (κ3) is 4.93. The summed E-state index contributed by atoms with van der Waals surface area (Å²) in [7, 11) is 1.99. The van der Waals surface area contributed by atoms with Crippen molar-refractivity contribution >= 4 is 27.5 Å². The lowest BCUT2D eigenvalue weighted by Gasteiger charge is -2.20. The van der Waals surface area contributed by atoms with Gasteiger partial charge >= 0.3 is 0 Å². The Labute approximate surface area is 122 Å². The van der Waals surface area contributed by atoms with E-state index in [-0.39, 0.29) is 5.91 Å². The molecule has 1 aromatic carbocycles. The summed E-state index contributed by atoms with van der Waals surface area (Å²) in [6, 6.07) is 8.15. The van der Waals surface area contributed by atoms with Crippen molar-refractivity contribution in [3.8, 4) is 0 Å². The SMILES string of the molecule is CN(CC(=O)Nc1ccc(Br)cc1)CC1CCCN1. The monoisotopic (exact) mass is 325 g/mol. The molecule has 1 atom stereocenters. The molecule has 104 valence electrons. The van der Waals surface area contributed by atoms with Crippen molar-refractivity contribution in [2.75, 3.05) is 32.0 Å². The smallest absolute Gasteiger partial charge is 0.238 e. The van der Waals surface area contributed by atoms with Crippen molar-refractivity contribution in [3.63, 3.8) is 0 Å². The Morgan fingerprint density at radius 1 is 1.47 bits per heavy atom. The van der Waals surface area contributed by atoms with Gasteiger partial charge in [0, 0.05) is 22.7 Å². The van der Waals surface area contributed by atoms with Crippen molar-refractivity contribution in [3.05, 3.63) is 28.7 Å². The first kappa shape index (κ1) is 14.5. The molecule has 0 radical (unpaired) electrons. The molecule has 2 rings (SSSR count). The summed E-state index contributed by atoms with van der Waals surface area (Å²) >= 11 is 3.37. The molecule has 1 saturated heterocycles. The number of amides is 1. The Morgan fingerprint density at radius 2 is 2.21 bits per heavy atom. The van der Waals surface area contributed by atoms with Crippen molar-refractivity contribution < 1.29 is 4.79 Å². The first-order chi connectivity index (χ1) is 9.13. The fourth-order valence-corrected chi connectivity index (χ4v) is 2.60. The van der Waals surface area contributed by atoms with Crippen LogP contribution in [0.4, 0.5) is 5.69 Å². The van der Waals surface area contributed by atoms with E-state index in [2.05, 4.69) is 31.5 Å². The molecule has 5 heteroatoms. The topological polar surface area (TPSA) is 44.4 Å². The first-order valence-corrected chi connectivity index (χ1v) is 7.40. The number of benzene rings is 1. The highest BCUT2D eigenvalue weighted by atomic mass is 79.9. The highest BCUT2D eigenvalue weighted by Gasteiger charge is 2.17. The van der Waals surface area contributed by atoms with E-state index in [4.69, 9.17) is 0 Å². The van der Waals surface area contributed by atoms with Crippen LogP contribution in [0.5, 0.6) is 0 Å². The summed E-state index contributed by atoms with van der Waals surface area (Å²) in [5.74, 6) is 0.0304. The standard InChI is InChI=1S/C14H20BrN3O/c1-18(9-13-3-2-8-16-13)10-14(19)17-12-6-4-11(15)5-7-12/h4-7,13,16H,2-3,8-10H2,1H3,(H,17,19). The summed E-state index contributed by atoms with van der Waals surface area (Å²) in [4.78, 5) is 14.0. The molecule has 2 N–H and O–H groups in total. The predicted molar refractivity (Wildman–Crippen MR) is 81.3 cm³/mol. The second kappa shape index (κ2) is 7.03. The summed E-state index contributed by atoms with van der Waals surface area (Å²) in [5, 5.41) is 6.34. The highest BCUT2D eigenvalue weighted by Crippen LogP contribution is 2.14. The number of carbonyl (C=O) groups excluding carboxylic acids is 1. The number of rotatable bonds is 5. The van der Waals surface area contributed by atoms with Gasteiger partial charge in [-0.15, -0.1) is 0 Å². The molecule has 1 heterocycles. The second-order valence-corrected chi connectivity index (χ2v) is 5.96. The summed E-state index contributed by atoms with van der Waals surface area (Å²) in [6.45, 7) is 2.45. The van der Waals surface area contributed by atoms with E-state index in [0.29, 0.717) is 12.6 Å². The predicted octanol–water partition coefficient (Wildman–Crippen LogP) is 2.07. The quantitative estimate of drug-likeness (QED) is 0.871. The van der Waals surface area contributed by atoms with Crippen LogP contribution in [-0.4, -0.2) is 43.5 Å². The van der Waals surface area contributed by atoms with E-state index in [1.807, 2.05) is 31.3 Å². The lowest BCUT2D eigenvalue weighted by Crippen LogP contribution is -2.39. The largest absolute Gasteiger partial charge is 0.325 e. The lowest BCUT2D eigenvalue weighted by molar-refractivity contribution is -0.117. The van der Waals surface area contributed by atoms with Gasteiger partial charge in [0.15, 0.2) is 0 Å². The molecule has 4 nitrogen and oxygen atoms in total. The van der Waals surface area contributed by atoms with E-state index in [1.165, 1.54) is 12.8 Å². The normalized spacial score (nSPS) is 18.8. The molecule has 0 aromatic heterocycles. The molecule has 1 aliphatic rings. The second-order valence-electron chi connectivity index (χ2n) is 5.05. The van der Waals surface area contributed by atoms with Gasteiger partial charge in [0.2, 0.25) is 5.91 Å². The number of hydrogen-bond donors (Lipinski definition) is 2. The summed E-state index contributed by atoms with van der Waals surface area (Å²) in [6.07, 6.45) is 2.45. The number of hydrogen-bond acceptors (Lipinski definition) is 3. The number of anilines is 1. The van der Waals surface area contributed by atoms with Crippen LogP contribution in [0.15, 0.2) is 28.7 Å². The van der Waals surface area contributed by atoms with Crippen LogP contribution in [0.1, 0.15) is 12.8 Å². The molecule has 19 heavy (non-hydrogen) atoms. The van der Waals surface area contributed by atoms with Gasteiger partial charge < -0.3 is 10.6 Å². The van der Waals surface area contributed by atoms with Crippen LogP contribution in [0.3, 0.4) is 0 Å². The minimum atomic E-state index is 0.0304. The zero-order valence-electron chi connectivity index (χ0n) is 11.2. The third-order valence-electron chi connectivity index (χ3n) is 3.24. The Hall–Kier alpha value is -0.910. The lowest BCUT2D eigenvalue weighted by atomic mass is 10.2. The minimum Gasteiger partial charge on any atom is -0.325 e. The van der Waals surface area contributed by atoms with Gasteiger partial charge in [-0.2, -0.15) is 0 Å². The van der Waals surface area contributed by atoms with Crippen molar-refractivity contribution in [2.24, 2.45) is 0 Å². The molecule has 1 aliphatic heterocycles. The number of nitrogens with zero attached hydrogens (tertiary/aromatic N) is 1. The maximum atomic E-state index is 11.9. The van der Waals surface area contributed by atoms with Crippen LogP contribution >= 0.6 is 15.9 Å². The molecule has 1 amide bonds. The summed E-state index contributed by atoms with van der Waals surface area (Å²) < 4.78 is 1.01. The van der Waals surface area contributed by atoms with Crippen LogP contribution < -0.4 is 10.6 Å². The zero-order chi connectivity index (χ0) is 13.7. The van der Waals surface area contributed by atoms with E-state index in [0.717, 1.165) is 23.2 Å². The zero-order valence-corrected chi connectivity index (χ0v) is 12.7. The molecule has 0 spiro atoms. The molecule has 1 fully saturated rings. The van der Waals surface area contributed by atoms with Gasteiger partial charge in [0.05, 0.1) is 6.54 Å². The van der Waals surface area contributed by atoms with Gasteiger partial charge in [-0.1, -0.05) is 15.9 Å². The first-order valence-electron chi connectivity index (χ1n) is 6.61. The summed E-state index contributed by atoms with van der Waals surface area (Å²) in [5.41, 5.74) is 0.834. The van der Waals surface area contributed by atoms with Crippen molar-refractivity contribution in [1.29, 1.82) is 0 Å². The maximum Gasteiger partial charge on any atom is 0.238 e. The Balaban J connectivity index is 1.75. The van der Waals surface area contributed by atoms with E-state index in [9.17, 15) is 4.79 Å². The molecule has 0 saturated carbocycles. The Kier molecular flexibility index (Phi) is 5.36. The van der Waals surface area contributed by atoms with Gasteiger partial charge in [0.1, 0.15) is 0 Å². The average molecular weight is 326 g/mol. The van der Waals surface area contributed by atoms with E-state index in [1.54, 1.807) is 0 Å². The van der Waals surface area contributed by atoms with E-state index >= 15 is 0 Å². The maximum absolute atomic E-state index is 11.9. The molecular weight excluding hydrogens is 306 g/mol. The number of nitrogens with one attached hydrogen (secondary N) is 2. The molecular formula is C14H20BrN3O. The van der Waals surface area contributed by atoms with Crippen molar-refractivity contribution in [1.82, 2.24) is 10.2 Å². The Morgan fingerprint density at radius 3 is 2.84 bits per heavy atom. The van der Waals surface area contributed by atoms with Crippen LogP contribution in [0.2, 0.25) is 0 Å². The minimum absolute atomic E-state index is 0.0304. The average Bonchev–Trinajstić information content (AvgIpc) is 2.84. The third-order valence-corrected chi connectivity index (χ3v) is 3.76. The highest BCUT2D eigenvalue weighted by molar-refractivity contribution is 9.10. The number of halogens is 1. The Bertz CT molecular complexity index is 415. The van der Waals surface area contributed by atoms with Gasteiger partial charge in [-0.25, -0.2) is 0 Å². The van der Waals surface area contributed by atoms with Gasteiger partial charge in [-0.05, 0) is 50.7 Å². The van der Waals surface area contributed by atoms with Crippen LogP contribution in [-0.2, 0) is 4.79 Å². The van der Waals surface area contributed by atoms with Crippen LogP contribution in [0, 0.1) is 0 Å². The molecule has 0 aliphatic carbocycles. The molecule has 1 aromatic rings. The number of carbonyl (C=O) groups is 1. The molecule has 0 bridgehead atoms. The van der Waals surface area contributed by atoms with E-state index < -0.39 is 0 Å². The fourth-order valence-electron chi connectivity index (χ4n) is 2.33. The van der Waals surface area contributed by atoms with Crippen molar-refractivity contribution in [2.45, 2.75) is 18.9 Å².